The maximum atomic E-state index is 11.9. The molecule has 0 aromatic heterocycles. The quantitative estimate of drug-likeness (QED) is 0.788. The van der Waals surface area contributed by atoms with Gasteiger partial charge in [-0.2, -0.15) is 5.26 Å². The topological polar surface area (TPSA) is 33.0 Å². The van der Waals surface area contributed by atoms with Crippen LogP contribution in [0.3, 0.4) is 0 Å². The summed E-state index contributed by atoms with van der Waals surface area (Å²) in [5.41, 5.74) is 0.379. The van der Waals surface area contributed by atoms with E-state index in [0.29, 0.717) is 5.56 Å². The van der Waals surface area contributed by atoms with Gasteiger partial charge in [0.05, 0.1) is 12.5 Å². The first-order valence-corrected chi connectivity index (χ1v) is 4.20. The van der Waals surface area contributed by atoms with Crippen LogP contribution in [-0.4, -0.2) is 6.36 Å². The molecule has 2 nitrogen and oxygen atoms in total. The van der Waals surface area contributed by atoms with Gasteiger partial charge in [0.2, 0.25) is 0 Å². The molecule has 1 rings (SSSR count). The number of hydrogen-bond acceptors (Lipinski definition) is 2. The van der Waals surface area contributed by atoms with E-state index in [-0.39, 0.29) is 11.4 Å². The zero-order chi connectivity index (χ0) is 11.5. The molecule has 0 unspecified atom stereocenters. The summed E-state index contributed by atoms with van der Waals surface area (Å²) in [6.07, 6.45) is -4.77. The Hall–Kier alpha value is -1.41. The summed E-state index contributed by atoms with van der Waals surface area (Å²) in [6.45, 7) is 0. The van der Waals surface area contributed by atoms with E-state index >= 15 is 0 Å². The van der Waals surface area contributed by atoms with Crippen molar-refractivity contribution in [3.8, 4) is 11.8 Å². The van der Waals surface area contributed by atoms with E-state index in [2.05, 4.69) is 4.74 Å². The standard InChI is InChI=1S/C9H5ClF3NO/c10-7-3-6(1-2-14)4-8(5-7)15-9(11,12)13/h3-5H,1H2. The van der Waals surface area contributed by atoms with Gasteiger partial charge in [-0.05, 0) is 23.8 Å². The van der Waals surface area contributed by atoms with Crippen molar-refractivity contribution in [1.29, 1.82) is 5.26 Å². The van der Waals surface area contributed by atoms with Gasteiger partial charge in [-0.1, -0.05) is 11.6 Å². The van der Waals surface area contributed by atoms with E-state index in [1.807, 2.05) is 0 Å². The second-order valence-electron chi connectivity index (χ2n) is 2.68. The van der Waals surface area contributed by atoms with Gasteiger partial charge in [-0.15, -0.1) is 13.2 Å². The summed E-state index contributed by atoms with van der Waals surface area (Å²) in [5.74, 6) is -0.416. The first-order valence-electron chi connectivity index (χ1n) is 3.83. The summed E-state index contributed by atoms with van der Waals surface area (Å²) in [6, 6.07) is 5.38. The second kappa shape index (κ2) is 4.41. The normalized spacial score (nSPS) is 10.9. The highest BCUT2D eigenvalue weighted by Crippen LogP contribution is 2.27. The lowest BCUT2D eigenvalue weighted by molar-refractivity contribution is -0.274. The van der Waals surface area contributed by atoms with Crippen molar-refractivity contribution in [2.75, 3.05) is 0 Å². The number of ether oxygens (including phenoxy) is 1. The van der Waals surface area contributed by atoms with E-state index in [4.69, 9.17) is 16.9 Å². The van der Waals surface area contributed by atoms with Gasteiger partial charge >= 0.3 is 6.36 Å². The Kier molecular flexibility index (Phi) is 3.43. The number of hydrogen-bond donors (Lipinski definition) is 0. The van der Waals surface area contributed by atoms with Gasteiger partial charge in [0.25, 0.3) is 0 Å². The zero-order valence-corrected chi connectivity index (χ0v) is 8.06. The van der Waals surface area contributed by atoms with E-state index in [9.17, 15) is 13.2 Å². The van der Waals surface area contributed by atoms with Gasteiger partial charge in [-0.25, -0.2) is 0 Å². The molecular formula is C9H5ClF3NO. The molecule has 1 aromatic rings. The van der Waals surface area contributed by atoms with Crippen LogP contribution in [0, 0.1) is 11.3 Å². The third-order valence-electron chi connectivity index (χ3n) is 1.45. The highest BCUT2D eigenvalue weighted by molar-refractivity contribution is 6.30. The average Bonchev–Trinajstić information content (AvgIpc) is 1.99. The maximum Gasteiger partial charge on any atom is 0.573 e. The number of alkyl halides is 3. The molecule has 0 N–H and O–H groups in total. The Labute approximate surface area is 88.8 Å². The molecule has 0 aliphatic heterocycles. The smallest absolute Gasteiger partial charge is 0.406 e. The third-order valence-corrected chi connectivity index (χ3v) is 1.67. The second-order valence-corrected chi connectivity index (χ2v) is 3.11. The fourth-order valence-electron chi connectivity index (χ4n) is 1.01. The molecule has 15 heavy (non-hydrogen) atoms. The van der Waals surface area contributed by atoms with Crippen molar-refractivity contribution in [1.82, 2.24) is 0 Å². The Morgan fingerprint density at radius 3 is 2.53 bits per heavy atom. The summed E-state index contributed by atoms with van der Waals surface area (Å²) >= 11 is 5.56. The number of nitriles is 1. The molecule has 0 bridgehead atoms. The van der Waals surface area contributed by atoms with Crippen molar-refractivity contribution < 1.29 is 17.9 Å². The molecular weight excluding hydrogens is 231 g/mol. The molecule has 0 radical (unpaired) electrons. The Bertz CT molecular complexity index is 397. The third kappa shape index (κ3) is 4.09. The molecule has 0 saturated heterocycles. The predicted octanol–water partition coefficient (Wildman–Crippen LogP) is 3.30. The van der Waals surface area contributed by atoms with Gasteiger partial charge in [0, 0.05) is 5.02 Å². The first-order chi connectivity index (χ1) is 6.90. The van der Waals surface area contributed by atoms with Crippen LogP contribution in [0.2, 0.25) is 5.02 Å². The Morgan fingerprint density at radius 1 is 1.33 bits per heavy atom. The lowest BCUT2D eigenvalue weighted by Gasteiger charge is -2.09. The number of benzene rings is 1. The fourth-order valence-corrected chi connectivity index (χ4v) is 1.25. The van der Waals surface area contributed by atoms with E-state index in [1.165, 1.54) is 6.07 Å². The van der Waals surface area contributed by atoms with Crippen LogP contribution in [0.25, 0.3) is 0 Å². The van der Waals surface area contributed by atoms with Crippen LogP contribution in [0.15, 0.2) is 18.2 Å². The molecule has 0 amide bonds. The van der Waals surface area contributed by atoms with Gasteiger partial charge in [0.15, 0.2) is 0 Å². The SMILES string of the molecule is N#CCc1cc(Cl)cc(OC(F)(F)F)c1. The average molecular weight is 236 g/mol. The fraction of sp³-hybridized carbons (Fsp3) is 0.222. The molecule has 0 aliphatic rings. The molecule has 0 saturated carbocycles. The highest BCUT2D eigenvalue weighted by Gasteiger charge is 2.31. The van der Waals surface area contributed by atoms with Crippen LogP contribution in [0.1, 0.15) is 5.56 Å². The minimum atomic E-state index is -4.76. The maximum absolute atomic E-state index is 11.9. The van der Waals surface area contributed by atoms with Crippen molar-refractivity contribution in [3.05, 3.63) is 28.8 Å². The van der Waals surface area contributed by atoms with Gasteiger partial charge in [0.1, 0.15) is 5.75 Å². The summed E-state index contributed by atoms with van der Waals surface area (Å²) in [5, 5.41) is 8.48. The number of rotatable bonds is 2. The summed E-state index contributed by atoms with van der Waals surface area (Å²) < 4.78 is 39.3. The first kappa shape index (κ1) is 11.7. The highest BCUT2D eigenvalue weighted by atomic mass is 35.5. The molecule has 0 spiro atoms. The van der Waals surface area contributed by atoms with Crippen LogP contribution in [0.5, 0.6) is 5.75 Å². The van der Waals surface area contributed by atoms with Crippen LogP contribution in [-0.2, 0) is 6.42 Å². The molecule has 0 heterocycles. The van der Waals surface area contributed by atoms with Crippen molar-refractivity contribution in [3.63, 3.8) is 0 Å². The molecule has 6 heteroatoms. The van der Waals surface area contributed by atoms with Crippen LogP contribution in [0.4, 0.5) is 13.2 Å². The zero-order valence-electron chi connectivity index (χ0n) is 7.31. The number of halogens is 4. The molecule has 0 atom stereocenters. The lowest BCUT2D eigenvalue weighted by atomic mass is 10.1. The Morgan fingerprint density at radius 2 is 2.00 bits per heavy atom. The Balaban J connectivity index is 2.95. The van der Waals surface area contributed by atoms with E-state index < -0.39 is 12.1 Å². The molecule has 0 fully saturated rings. The van der Waals surface area contributed by atoms with E-state index in [0.717, 1.165) is 12.1 Å². The van der Waals surface area contributed by atoms with Crippen molar-refractivity contribution in [2.45, 2.75) is 12.8 Å². The molecule has 1 aromatic carbocycles. The monoisotopic (exact) mass is 235 g/mol. The van der Waals surface area contributed by atoms with Gasteiger partial charge < -0.3 is 4.74 Å². The largest absolute Gasteiger partial charge is 0.573 e. The van der Waals surface area contributed by atoms with Crippen LogP contribution >= 0.6 is 11.6 Å². The van der Waals surface area contributed by atoms with Crippen molar-refractivity contribution >= 4 is 11.6 Å². The van der Waals surface area contributed by atoms with Crippen LogP contribution < -0.4 is 4.74 Å². The van der Waals surface area contributed by atoms with Gasteiger partial charge in [-0.3, -0.25) is 0 Å². The van der Waals surface area contributed by atoms with Crippen molar-refractivity contribution in [2.24, 2.45) is 0 Å². The minimum absolute atomic E-state index is 0.0191. The minimum Gasteiger partial charge on any atom is -0.406 e. The van der Waals surface area contributed by atoms with E-state index in [1.54, 1.807) is 6.07 Å². The lowest BCUT2D eigenvalue weighted by Crippen LogP contribution is -2.17. The molecule has 0 aliphatic carbocycles. The molecule has 80 valence electrons. The number of nitrogens with zero attached hydrogens (tertiary/aromatic N) is 1. The summed E-state index contributed by atoms with van der Waals surface area (Å²) in [4.78, 5) is 0. The predicted molar refractivity (Wildman–Crippen MR) is 47.5 cm³/mol. The summed E-state index contributed by atoms with van der Waals surface area (Å²) in [7, 11) is 0.